The molecule has 3 saturated heterocycles. The van der Waals surface area contributed by atoms with Crippen molar-refractivity contribution in [2.24, 2.45) is 5.92 Å². The highest BCUT2D eigenvalue weighted by Crippen LogP contribution is 2.41. The van der Waals surface area contributed by atoms with E-state index in [1.165, 1.54) is 11.0 Å². The molecular formula is C26H28F2N4O4. The zero-order valence-electron chi connectivity index (χ0n) is 19.8. The van der Waals surface area contributed by atoms with Crippen LogP contribution < -0.4 is 5.32 Å². The van der Waals surface area contributed by atoms with E-state index in [4.69, 9.17) is 4.74 Å². The number of carbonyl (C=O) groups is 3. The Bertz CT molecular complexity index is 1130. The Labute approximate surface area is 207 Å². The third kappa shape index (κ3) is 4.34. The van der Waals surface area contributed by atoms with Crippen LogP contribution in [0.4, 0.5) is 13.6 Å². The maximum atomic E-state index is 14.0. The Kier molecular flexibility index (Phi) is 6.70. The average Bonchev–Trinajstić information content (AvgIpc) is 3.50. The number of pyridine rings is 1. The van der Waals surface area contributed by atoms with Crippen LogP contribution in [0.5, 0.6) is 0 Å². The fourth-order valence-corrected chi connectivity index (χ4v) is 5.53. The fraction of sp³-hybridized carbons (Fsp3) is 0.462. The smallest absolute Gasteiger partial charge is 0.325 e. The highest BCUT2D eigenvalue weighted by Gasteiger charge is 2.58. The number of piperidine rings is 1. The van der Waals surface area contributed by atoms with Crippen LogP contribution in [0.25, 0.3) is 0 Å². The number of hydrogen-bond donors (Lipinski definition) is 1. The molecule has 36 heavy (non-hydrogen) atoms. The number of rotatable bonds is 6. The lowest BCUT2D eigenvalue weighted by Gasteiger charge is -2.40. The maximum absolute atomic E-state index is 14.0. The summed E-state index contributed by atoms with van der Waals surface area (Å²) in [6.07, 6.45) is 3.54. The second-order valence-electron chi connectivity index (χ2n) is 9.54. The molecular weight excluding hydrogens is 470 g/mol. The van der Waals surface area contributed by atoms with Gasteiger partial charge in [-0.3, -0.25) is 19.5 Å². The Morgan fingerprint density at radius 2 is 1.83 bits per heavy atom. The second kappa shape index (κ2) is 9.93. The highest BCUT2D eigenvalue weighted by molar-refractivity contribution is 6.07. The number of nitrogens with zero attached hydrogens (tertiary/aromatic N) is 3. The van der Waals surface area contributed by atoms with Crippen LogP contribution in [0.1, 0.15) is 36.9 Å². The minimum atomic E-state index is -1.34. The summed E-state index contributed by atoms with van der Waals surface area (Å²) in [5.74, 6) is -2.56. The molecule has 5 rings (SSSR count). The Balaban J connectivity index is 1.34. The zero-order chi connectivity index (χ0) is 25.3. The largest absolute Gasteiger partial charge is 0.376 e. The molecule has 8 nitrogen and oxygen atoms in total. The van der Waals surface area contributed by atoms with Gasteiger partial charge in [0.2, 0.25) is 5.91 Å². The molecule has 3 fully saturated rings. The van der Waals surface area contributed by atoms with Crippen molar-refractivity contribution in [1.82, 2.24) is 20.1 Å². The molecule has 2 atom stereocenters. The summed E-state index contributed by atoms with van der Waals surface area (Å²) < 4.78 is 33.7. The number of nitrogens with one attached hydrogen (secondary N) is 1. The first kappa shape index (κ1) is 24.3. The maximum Gasteiger partial charge on any atom is 0.325 e. The number of ether oxygens (including phenoxy) is 1. The number of imide groups is 1. The van der Waals surface area contributed by atoms with E-state index in [-0.39, 0.29) is 42.4 Å². The fourth-order valence-electron chi connectivity index (χ4n) is 5.53. The third-order valence-corrected chi connectivity index (χ3v) is 7.46. The molecule has 0 spiro atoms. The molecule has 10 heteroatoms. The van der Waals surface area contributed by atoms with Gasteiger partial charge in [-0.2, -0.15) is 0 Å². The van der Waals surface area contributed by atoms with E-state index in [1.807, 2.05) is 0 Å². The van der Waals surface area contributed by atoms with Gasteiger partial charge in [0.1, 0.15) is 11.6 Å². The van der Waals surface area contributed by atoms with Gasteiger partial charge in [-0.15, -0.1) is 0 Å². The van der Waals surface area contributed by atoms with Gasteiger partial charge in [0.05, 0.1) is 24.8 Å². The van der Waals surface area contributed by atoms with E-state index < -0.39 is 23.2 Å². The van der Waals surface area contributed by atoms with Crippen LogP contribution in [-0.4, -0.2) is 65.0 Å². The van der Waals surface area contributed by atoms with Crippen molar-refractivity contribution in [3.63, 3.8) is 0 Å². The number of carbonyl (C=O) groups excluding carboxylic acids is 3. The predicted molar refractivity (Wildman–Crippen MR) is 124 cm³/mol. The van der Waals surface area contributed by atoms with Crippen molar-refractivity contribution < 1.29 is 27.9 Å². The van der Waals surface area contributed by atoms with E-state index in [0.717, 1.165) is 25.0 Å². The van der Waals surface area contributed by atoms with Crippen LogP contribution in [0.2, 0.25) is 0 Å². The van der Waals surface area contributed by atoms with Gasteiger partial charge in [-0.25, -0.2) is 13.6 Å². The van der Waals surface area contributed by atoms with E-state index in [0.29, 0.717) is 38.2 Å². The SMILES string of the molecule is O=C(Cc1c(F)cccc1F)N1CCC([C@]2(c3ccccn3)NC(=O)N(C[C@@H]3CCCO3)C2=O)CC1. The van der Waals surface area contributed by atoms with E-state index in [2.05, 4.69) is 10.3 Å². The molecule has 0 radical (unpaired) electrons. The van der Waals surface area contributed by atoms with Crippen LogP contribution >= 0.6 is 0 Å². The molecule has 4 amide bonds. The van der Waals surface area contributed by atoms with Crippen molar-refractivity contribution in [1.29, 1.82) is 0 Å². The normalized spacial score (nSPS) is 24.9. The molecule has 1 N–H and O–H groups in total. The molecule has 3 aliphatic heterocycles. The second-order valence-corrected chi connectivity index (χ2v) is 9.54. The van der Waals surface area contributed by atoms with E-state index in [9.17, 15) is 23.2 Å². The molecule has 1 aromatic carbocycles. The van der Waals surface area contributed by atoms with Gasteiger partial charge in [0.25, 0.3) is 5.91 Å². The van der Waals surface area contributed by atoms with Gasteiger partial charge in [0, 0.05) is 37.4 Å². The summed E-state index contributed by atoms with van der Waals surface area (Å²) >= 11 is 0. The number of amides is 4. The minimum Gasteiger partial charge on any atom is -0.376 e. The lowest BCUT2D eigenvalue weighted by molar-refractivity contribution is -0.137. The molecule has 0 bridgehead atoms. The molecule has 0 saturated carbocycles. The zero-order valence-corrected chi connectivity index (χ0v) is 19.8. The number of halogens is 2. The lowest BCUT2D eigenvalue weighted by atomic mass is 9.75. The Morgan fingerprint density at radius 3 is 2.47 bits per heavy atom. The molecule has 1 aromatic heterocycles. The molecule has 190 valence electrons. The van der Waals surface area contributed by atoms with E-state index in [1.54, 1.807) is 29.3 Å². The first-order chi connectivity index (χ1) is 17.4. The number of aromatic nitrogens is 1. The number of hydrogen-bond acceptors (Lipinski definition) is 5. The topological polar surface area (TPSA) is 91.8 Å². The minimum absolute atomic E-state index is 0.183. The van der Waals surface area contributed by atoms with Crippen molar-refractivity contribution in [3.8, 4) is 0 Å². The van der Waals surface area contributed by atoms with Crippen molar-refractivity contribution in [3.05, 3.63) is 65.5 Å². The van der Waals surface area contributed by atoms with Crippen LogP contribution in [-0.2, 0) is 26.3 Å². The molecule has 0 aliphatic carbocycles. The monoisotopic (exact) mass is 498 g/mol. The first-order valence-corrected chi connectivity index (χ1v) is 12.3. The van der Waals surface area contributed by atoms with E-state index >= 15 is 0 Å². The van der Waals surface area contributed by atoms with Gasteiger partial charge in [0.15, 0.2) is 5.54 Å². The number of likely N-dealkylation sites (tertiary alicyclic amines) is 1. The van der Waals surface area contributed by atoms with Gasteiger partial charge in [-0.05, 0) is 49.9 Å². The molecule has 3 aliphatic rings. The summed E-state index contributed by atoms with van der Waals surface area (Å²) in [5, 5.41) is 2.94. The molecule has 4 heterocycles. The van der Waals surface area contributed by atoms with Crippen LogP contribution in [0.3, 0.4) is 0 Å². The standard InChI is InChI=1S/C26H28F2N4O4/c27-20-6-3-7-21(28)19(20)15-23(33)31-12-9-17(10-13-31)26(22-8-1-2-11-29-22)24(34)32(25(35)30-26)16-18-5-4-14-36-18/h1-3,6-8,11,17-18H,4-5,9-10,12-16H2,(H,30,35)/t18-,26+/m0/s1. The summed E-state index contributed by atoms with van der Waals surface area (Å²) in [6, 6.07) is 8.29. The third-order valence-electron chi connectivity index (χ3n) is 7.46. The summed E-state index contributed by atoms with van der Waals surface area (Å²) in [7, 11) is 0. The predicted octanol–water partition coefficient (Wildman–Crippen LogP) is 2.77. The Morgan fingerprint density at radius 1 is 1.08 bits per heavy atom. The number of urea groups is 1. The Hall–Kier alpha value is -3.40. The molecule has 0 unspecified atom stereocenters. The quantitative estimate of drug-likeness (QED) is 0.619. The van der Waals surface area contributed by atoms with Crippen LogP contribution in [0, 0.1) is 17.6 Å². The molecule has 2 aromatic rings. The summed E-state index contributed by atoms with van der Waals surface area (Å²) in [5.41, 5.74) is -1.14. The average molecular weight is 499 g/mol. The highest BCUT2D eigenvalue weighted by atomic mass is 19.1. The van der Waals surface area contributed by atoms with Crippen molar-refractivity contribution in [2.75, 3.05) is 26.2 Å². The summed E-state index contributed by atoms with van der Waals surface area (Å²) in [6.45, 7) is 1.39. The van der Waals surface area contributed by atoms with Gasteiger partial charge < -0.3 is 15.0 Å². The number of benzene rings is 1. The lowest BCUT2D eigenvalue weighted by Crippen LogP contribution is -2.55. The van der Waals surface area contributed by atoms with Crippen molar-refractivity contribution >= 4 is 17.8 Å². The summed E-state index contributed by atoms with van der Waals surface area (Å²) in [4.78, 5) is 46.9. The van der Waals surface area contributed by atoms with Crippen LogP contribution in [0.15, 0.2) is 42.6 Å². The van der Waals surface area contributed by atoms with Gasteiger partial charge >= 0.3 is 6.03 Å². The first-order valence-electron chi connectivity index (χ1n) is 12.3. The van der Waals surface area contributed by atoms with Crippen molar-refractivity contribution in [2.45, 2.75) is 43.7 Å². The van der Waals surface area contributed by atoms with Gasteiger partial charge in [-0.1, -0.05) is 12.1 Å².